The number of hydrogen-bond acceptors (Lipinski definition) is 4. The highest BCUT2D eigenvalue weighted by Crippen LogP contribution is 2.52. The summed E-state index contributed by atoms with van der Waals surface area (Å²) in [5.74, 6) is -12.0. The minimum absolute atomic E-state index is 0.0141. The monoisotopic (exact) mass is 548 g/mol. The van der Waals surface area contributed by atoms with Crippen molar-refractivity contribution in [3.05, 3.63) is 47.3 Å². The van der Waals surface area contributed by atoms with Gasteiger partial charge in [0.15, 0.2) is 5.65 Å². The molecule has 0 saturated heterocycles. The maximum Gasteiger partial charge on any atom is 0.460 e. The third kappa shape index (κ3) is 5.28. The molecular formula is C25H27F7N4O2. The number of likely N-dealkylation sites (N-methyl/N-ethyl adjacent to an activating group) is 1. The van der Waals surface area contributed by atoms with Gasteiger partial charge >= 0.3 is 18.0 Å². The van der Waals surface area contributed by atoms with Crippen molar-refractivity contribution in [3.8, 4) is 17.0 Å². The highest BCUT2D eigenvalue weighted by atomic mass is 19.4. The molecule has 2 heterocycles. The van der Waals surface area contributed by atoms with Crippen LogP contribution in [0.3, 0.4) is 0 Å². The minimum Gasteiger partial charge on any atom is -0.494 e. The number of halogens is 7. The van der Waals surface area contributed by atoms with E-state index in [1.54, 1.807) is 26.0 Å². The van der Waals surface area contributed by atoms with E-state index >= 15 is 0 Å². The van der Waals surface area contributed by atoms with E-state index in [2.05, 4.69) is 10.1 Å². The number of carbonyl (C=O) groups excluding carboxylic acids is 1. The fourth-order valence-corrected chi connectivity index (χ4v) is 3.91. The summed E-state index contributed by atoms with van der Waals surface area (Å²) < 4.78 is 103. The SMILES string of the molecule is CCCOc1ccc(-c2nn3c(C(F)(F)C(F)(F)C(F)(F)F)cc(C)nc3c2CC(=O)N(CC)CC)cc1. The van der Waals surface area contributed by atoms with Crippen molar-refractivity contribution in [2.24, 2.45) is 0 Å². The molecule has 0 radical (unpaired) electrons. The lowest BCUT2D eigenvalue weighted by Crippen LogP contribution is -2.50. The van der Waals surface area contributed by atoms with Crippen LogP contribution in [0.1, 0.15) is 44.1 Å². The Morgan fingerprint density at radius 1 is 1.00 bits per heavy atom. The van der Waals surface area contributed by atoms with Gasteiger partial charge in [-0.25, -0.2) is 9.50 Å². The van der Waals surface area contributed by atoms with Crippen LogP contribution < -0.4 is 4.74 Å². The van der Waals surface area contributed by atoms with Crippen LogP contribution in [-0.2, 0) is 17.1 Å². The summed E-state index contributed by atoms with van der Waals surface area (Å²) in [5, 5.41) is 4.00. The number of alkyl halides is 7. The van der Waals surface area contributed by atoms with Crippen LogP contribution in [0.5, 0.6) is 5.75 Å². The fourth-order valence-electron chi connectivity index (χ4n) is 3.91. The molecule has 3 rings (SSSR count). The zero-order valence-corrected chi connectivity index (χ0v) is 21.2. The molecule has 1 amide bonds. The topological polar surface area (TPSA) is 59.7 Å². The maximum atomic E-state index is 14.9. The Hall–Kier alpha value is -3.38. The average molecular weight is 549 g/mol. The van der Waals surface area contributed by atoms with E-state index in [-0.39, 0.29) is 21.5 Å². The number of rotatable bonds is 10. The van der Waals surface area contributed by atoms with Gasteiger partial charge in [-0.3, -0.25) is 4.79 Å². The van der Waals surface area contributed by atoms with E-state index in [1.807, 2.05) is 6.92 Å². The number of carbonyl (C=O) groups is 1. The smallest absolute Gasteiger partial charge is 0.460 e. The molecule has 0 unspecified atom stereocenters. The third-order valence-electron chi connectivity index (χ3n) is 5.93. The second-order valence-electron chi connectivity index (χ2n) is 8.61. The molecule has 3 aromatic rings. The highest BCUT2D eigenvalue weighted by Gasteiger charge is 2.74. The maximum absolute atomic E-state index is 14.9. The number of aryl methyl sites for hydroxylation is 1. The summed E-state index contributed by atoms with van der Waals surface area (Å²) in [6, 6.07) is 6.61. The first-order chi connectivity index (χ1) is 17.7. The van der Waals surface area contributed by atoms with Gasteiger partial charge in [-0.05, 0) is 57.5 Å². The summed E-state index contributed by atoms with van der Waals surface area (Å²) in [6.07, 6.45) is -6.19. The molecule has 0 spiro atoms. The predicted molar refractivity (Wildman–Crippen MR) is 125 cm³/mol. The normalized spacial score (nSPS) is 12.7. The van der Waals surface area contributed by atoms with Gasteiger partial charge in [0, 0.05) is 29.9 Å². The Bertz CT molecular complexity index is 1280. The quantitative estimate of drug-likeness (QED) is 0.284. The van der Waals surface area contributed by atoms with Crippen LogP contribution in [0.2, 0.25) is 0 Å². The van der Waals surface area contributed by atoms with Crippen molar-refractivity contribution < 1.29 is 40.3 Å². The molecule has 0 aliphatic rings. The molecule has 208 valence electrons. The molecule has 0 N–H and O–H groups in total. The molecule has 0 aliphatic carbocycles. The van der Waals surface area contributed by atoms with Gasteiger partial charge in [0.2, 0.25) is 5.91 Å². The molecule has 0 saturated carbocycles. The summed E-state index contributed by atoms with van der Waals surface area (Å²) >= 11 is 0. The van der Waals surface area contributed by atoms with Crippen LogP contribution in [-0.4, -0.2) is 57.2 Å². The van der Waals surface area contributed by atoms with Crippen LogP contribution in [0.25, 0.3) is 16.9 Å². The molecule has 13 heteroatoms. The second-order valence-corrected chi connectivity index (χ2v) is 8.61. The highest BCUT2D eigenvalue weighted by molar-refractivity contribution is 5.84. The minimum atomic E-state index is -6.54. The van der Waals surface area contributed by atoms with Crippen molar-refractivity contribution in [2.45, 2.75) is 58.6 Å². The van der Waals surface area contributed by atoms with Gasteiger partial charge in [-0.2, -0.15) is 35.8 Å². The Morgan fingerprint density at radius 2 is 1.61 bits per heavy atom. The van der Waals surface area contributed by atoms with E-state index in [1.165, 1.54) is 24.0 Å². The zero-order valence-electron chi connectivity index (χ0n) is 21.2. The van der Waals surface area contributed by atoms with Crippen molar-refractivity contribution >= 4 is 11.6 Å². The lowest BCUT2D eigenvalue weighted by Gasteiger charge is -2.28. The molecule has 6 nitrogen and oxygen atoms in total. The van der Waals surface area contributed by atoms with Gasteiger partial charge in [0.05, 0.1) is 18.7 Å². The van der Waals surface area contributed by atoms with E-state index in [0.29, 0.717) is 37.1 Å². The van der Waals surface area contributed by atoms with Gasteiger partial charge in [-0.15, -0.1) is 0 Å². The molecular weight excluding hydrogens is 521 g/mol. The molecule has 0 fully saturated rings. The van der Waals surface area contributed by atoms with Crippen LogP contribution in [0.4, 0.5) is 30.7 Å². The van der Waals surface area contributed by atoms with Crippen LogP contribution in [0.15, 0.2) is 30.3 Å². The summed E-state index contributed by atoms with van der Waals surface area (Å²) in [5.41, 5.74) is -2.11. The van der Waals surface area contributed by atoms with Crippen molar-refractivity contribution in [2.75, 3.05) is 19.7 Å². The number of aromatic nitrogens is 3. The van der Waals surface area contributed by atoms with Crippen molar-refractivity contribution in [3.63, 3.8) is 0 Å². The Balaban J connectivity index is 2.29. The predicted octanol–water partition coefficient (Wildman–Crippen LogP) is 6.19. The van der Waals surface area contributed by atoms with Crippen molar-refractivity contribution in [1.82, 2.24) is 19.5 Å². The number of hydrogen-bond donors (Lipinski definition) is 0. The average Bonchev–Trinajstić information content (AvgIpc) is 3.20. The molecule has 2 aromatic heterocycles. The first-order valence-corrected chi connectivity index (χ1v) is 11.9. The van der Waals surface area contributed by atoms with E-state index in [4.69, 9.17) is 4.74 Å². The number of amides is 1. The first kappa shape index (κ1) is 29.2. The molecule has 38 heavy (non-hydrogen) atoms. The summed E-state index contributed by atoms with van der Waals surface area (Å²) in [7, 11) is 0. The number of fused-ring (bicyclic) bond motifs is 1. The number of nitrogens with zero attached hydrogens (tertiary/aromatic N) is 4. The Kier molecular flexibility index (Phi) is 8.27. The van der Waals surface area contributed by atoms with E-state index in [0.717, 1.165) is 6.42 Å². The molecule has 0 aliphatic heterocycles. The molecule has 0 atom stereocenters. The van der Waals surface area contributed by atoms with E-state index < -0.39 is 41.7 Å². The van der Waals surface area contributed by atoms with E-state index in [9.17, 15) is 35.5 Å². The van der Waals surface area contributed by atoms with Crippen LogP contribution >= 0.6 is 0 Å². The first-order valence-electron chi connectivity index (χ1n) is 11.9. The number of benzene rings is 1. The van der Waals surface area contributed by atoms with Gasteiger partial charge < -0.3 is 9.64 Å². The summed E-state index contributed by atoms with van der Waals surface area (Å²) in [6.45, 7) is 7.65. The Labute approximate surface area is 214 Å². The largest absolute Gasteiger partial charge is 0.494 e. The van der Waals surface area contributed by atoms with Gasteiger partial charge in [0.25, 0.3) is 0 Å². The molecule has 1 aromatic carbocycles. The van der Waals surface area contributed by atoms with Gasteiger partial charge in [-0.1, -0.05) is 6.92 Å². The standard InChI is InChI=1S/C25H27F7N4O2/c1-5-12-38-17-10-8-16(9-11-17)21-18(14-20(37)35(6-2)7-3)22-33-15(4)13-19(36(22)34-21)23(26,27)24(28,29)25(30,31)32/h8-11,13H,5-7,12,14H2,1-4H3. The van der Waals surface area contributed by atoms with Crippen LogP contribution in [0, 0.1) is 6.92 Å². The third-order valence-corrected chi connectivity index (χ3v) is 5.93. The van der Waals surface area contributed by atoms with Crippen molar-refractivity contribution in [1.29, 1.82) is 0 Å². The fraction of sp³-hybridized carbons (Fsp3) is 0.480. The molecule has 0 bridgehead atoms. The zero-order chi connectivity index (χ0) is 28.5. The summed E-state index contributed by atoms with van der Waals surface area (Å²) in [4.78, 5) is 18.5. The Morgan fingerprint density at radius 3 is 2.13 bits per heavy atom. The second kappa shape index (κ2) is 10.8. The lowest BCUT2D eigenvalue weighted by atomic mass is 10.0. The number of ether oxygens (including phenoxy) is 1. The lowest BCUT2D eigenvalue weighted by molar-refractivity contribution is -0.360. The van der Waals surface area contributed by atoms with Gasteiger partial charge in [0.1, 0.15) is 11.4 Å².